The molecule has 0 saturated carbocycles. The molecule has 0 fully saturated rings. The van der Waals surface area contributed by atoms with Gasteiger partial charge >= 0.3 is 0 Å². The van der Waals surface area contributed by atoms with Crippen LogP contribution < -0.4 is 5.32 Å². The molecule has 0 saturated heterocycles. The van der Waals surface area contributed by atoms with E-state index in [1.54, 1.807) is 20.1 Å². The number of rotatable bonds is 5. The molecule has 0 bridgehead atoms. The number of aromatic nitrogens is 1. The van der Waals surface area contributed by atoms with Crippen LogP contribution in [-0.2, 0) is 17.9 Å². The van der Waals surface area contributed by atoms with E-state index >= 15 is 0 Å². The highest BCUT2D eigenvalue weighted by Gasteiger charge is 2.11. The van der Waals surface area contributed by atoms with Gasteiger partial charge in [0.05, 0.1) is 12.3 Å². The van der Waals surface area contributed by atoms with Crippen LogP contribution in [0.15, 0.2) is 34.9 Å². The highest BCUT2D eigenvalue weighted by atomic mass is 16.5. The first-order chi connectivity index (χ1) is 9.20. The number of hydrogen-bond acceptors (Lipinski definition) is 4. The van der Waals surface area contributed by atoms with Gasteiger partial charge in [0.25, 0.3) is 5.91 Å². The number of nitrogens with zero attached hydrogens (tertiary/aromatic N) is 1. The Morgan fingerprint density at radius 3 is 2.74 bits per heavy atom. The second kappa shape index (κ2) is 6.15. The number of carbonyl (C=O) groups excluding carboxylic acids is 1. The van der Waals surface area contributed by atoms with Gasteiger partial charge in [-0.2, -0.15) is 0 Å². The zero-order chi connectivity index (χ0) is 13.7. The van der Waals surface area contributed by atoms with E-state index in [0.29, 0.717) is 18.8 Å². The molecule has 1 amide bonds. The number of hydrogen-bond donors (Lipinski definition) is 1. The van der Waals surface area contributed by atoms with E-state index in [1.807, 2.05) is 24.3 Å². The molecule has 2 aromatic rings. The molecule has 2 rings (SSSR count). The molecule has 0 aliphatic rings. The third-order valence-electron chi connectivity index (χ3n) is 2.71. The molecule has 1 aromatic carbocycles. The van der Waals surface area contributed by atoms with Crippen molar-refractivity contribution < 1.29 is 14.1 Å². The summed E-state index contributed by atoms with van der Waals surface area (Å²) in [6.45, 7) is 2.72. The number of benzene rings is 1. The van der Waals surface area contributed by atoms with Gasteiger partial charge < -0.3 is 14.6 Å². The minimum atomic E-state index is -0.271. The predicted octanol–water partition coefficient (Wildman–Crippen LogP) is 2.06. The number of nitrogens with one attached hydrogen (secondary N) is 1. The Morgan fingerprint density at radius 1 is 1.37 bits per heavy atom. The van der Waals surface area contributed by atoms with Crippen molar-refractivity contribution in [1.29, 1.82) is 0 Å². The lowest BCUT2D eigenvalue weighted by Crippen LogP contribution is -2.23. The molecule has 0 aliphatic carbocycles. The maximum absolute atomic E-state index is 11.8. The van der Waals surface area contributed by atoms with E-state index in [-0.39, 0.29) is 11.7 Å². The Kier molecular flexibility index (Phi) is 4.30. The molecular weight excluding hydrogens is 244 g/mol. The summed E-state index contributed by atoms with van der Waals surface area (Å²) in [5.41, 5.74) is 2.76. The minimum Gasteiger partial charge on any atom is -0.380 e. The first-order valence-electron chi connectivity index (χ1n) is 5.98. The van der Waals surface area contributed by atoms with Crippen LogP contribution in [0.5, 0.6) is 0 Å². The molecule has 0 atom stereocenters. The van der Waals surface area contributed by atoms with E-state index < -0.39 is 0 Å². The molecule has 0 unspecified atom stereocenters. The van der Waals surface area contributed by atoms with Crippen molar-refractivity contribution in [1.82, 2.24) is 10.5 Å². The first-order valence-corrected chi connectivity index (χ1v) is 5.98. The number of aryl methyl sites for hydroxylation is 1. The Hall–Kier alpha value is -2.14. The Balaban J connectivity index is 2.00. The van der Waals surface area contributed by atoms with Crippen molar-refractivity contribution in [3.05, 3.63) is 52.9 Å². The molecule has 1 aromatic heterocycles. The second-order valence-corrected chi connectivity index (χ2v) is 4.22. The molecule has 100 valence electrons. The zero-order valence-corrected chi connectivity index (χ0v) is 11.0. The van der Waals surface area contributed by atoms with E-state index in [1.165, 1.54) is 0 Å². The van der Waals surface area contributed by atoms with Gasteiger partial charge in [0.1, 0.15) is 0 Å². The summed E-state index contributed by atoms with van der Waals surface area (Å²) in [7, 11) is 1.65. The lowest BCUT2D eigenvalue weighted by Gasteiger charge is -2.09. The summed E-state index contributed by atoms with van der Waals surface area (Å²) in [4.78, 5) is 11.8. The molecule has 1 heterocycles. The van der Waals surface area contributed by atoms with E-state index in [0.717, 1.165) is 11.1 Å². The summed E-state index contributed by atoms with van der Waals surface area (Å²) >= 11 is 0. The van der Waals surface area contributed by atoms with Crippen LogP contribution in [0, 0.1) is 6.92 Å². The maximum Gasteiger partial charge on any atom is 0.290 e. The molecule has 1 N–H and O–H groups in total. The van der Waals surface area contributed by atoms with Crippen molar-refractivity contribution in [2.75, 3.05) is 7.11 Å². The largest absolute Gasteiger partial charge is 0.380 e. The number of methoxy groups -OCH3 is 1. The summed E-state index contributed by atoms with van der Waals surface area (Å²) in [6, 6.07) is 9.42. The lowest BCUT2D eigenvalue weighted by atomic mass is 10.1. The first kappa shape index (κ1) is 13.3. The molecule has 19 heavy (non-hydrogen) atoms. The van der Waals surface area contributed by atoms with Crippen LogP contribution in [0.3, 0.4) is 0 Å². The second-order valence-electron chi connectivity index (χ2n) is 4.22. The van der Waals surface area contributed by atoms with Crippen LogP contribution in [0.25, 0.3) is 0 Å². The summed E-state index contributed by atoms with van der Waals surface area (Å²) in [6.07, 6.45) is 0. The fourth-order valence-corrected chi connectivity index (χ4v) is 1.76. The average molecular weight is 260 g/mol. The van der Waals surface area contributed by atoms with Gasteiger partial charge in [-0.1, -0.05) is 29.4 Å². The van der Waals surface area contributed by atoms with Gasteiger partial charge in [0.2, 0.25) is 5.76 Å². The van der Waals surface area contributed by atoms with Crippen molar-refractivity contribution in [3.63, 3.8) is 0 Å². The highest BCUT2D eigenvalue weighted by molar-refractivity contribution is 5.91. The van der Waals surface area contributed by atoms with Crippen LogP contribution in [-0.4, -0.2) is 18.2 Å². The standard InChI is InChI=1S/C14H16N2O3/c1-10-7-13(19-16-10)14(17)15-8-11-5-3-4-6-12(11)9-18-2/h3-7H,8-9H2,1-2H3,(H,15,17). The van der Waals surface area contributed by atoms with Gasteiger partial charge in [-0.25, -0.2) is 0 Å². The van der Waals surface area contributed by atoms with Gasteiger partial charge in [-0.05, 0) is 18.1 Å². The van der Waals surface area contributed by atoms with Gasteiger partial charge in [0, 0.05) is 19.7 Å². The number of carbonyl (C=O) groups is 1. The van der Waals surface area contributed by atoms with Gasteiger partial charge in [-0.15, -0.1) is 0 Å². The van der Waals surface area contributed by atoms with Crippen LogP contribution in [0.2, 0.25) is 0 Å². The monoisotopic (exact) mass is 260 g/mol. The van der Waals surface area contributed by atoms with E-state index in [4.69, 9.17) is 9.26 Å². The number of amides is 1. The Morgan fingerprint density at radius 2 is 2.11 bits per heavy atom. The molecule has 5 nitrogen and oxygen atoms in total. The smallest absolute Gasteiger partial charge is 0.290 e. The topological polar surface area (TPSA) is 64.4 Å². The van der Waals surface area contributed by atoms with Crippen molar-refractivity contribution >= 4 is 5.91 Å². The van der Waals surface area contributed by atoms with Crippen molar-refractivity contribution in [2.24, 2.45) is 0 Å². The Bertz CT molecular complexity index is 563. The van der Waals surface area contributed by atoms with Crippen LogP contribution >= 0.6 is 0 Å². The highest BCUT2D eigenvalue weighted by Crippen LogP contribution is 2.10. The fourth-order valence-electron chi connectivity index (χ4n) is 1.76. The molecular formula is C14H16N2O3. The van der Waals surface area contributed by atoms with Gasteiger partial charge in [0.15, 0.2) is 0 Å². The lowest BCUT2D eigenvalue weighted by molar-refractivity contribution is 0.0913. The zero-order valence-electron chi connectivity index (χ0n) is 11.0. The van der Waals surface area contributed by atoms with Crippen LogP contribution in [0.4, 0.5) is 0 Å². The predicted molar refractivity (Wildman–Crippen MR) is 69.6 cm³/mol. The SMILES string of the molecule is COCc1ccccc1CNC(=O)c1cc(C)no1. The summed E-state index contributed by atoms with van der Waals surface area (Å²) in [5.74, 6) is -0.0467. The van der Waals surface area contributed by atoms with Crippen molar-refractivity contribution in [2.45, 2.75) is 20.1 Å². The van der Waals surface area contributed by atoms with Gasteiger partial charge in [-0.3, -0.25) is 4.79 Å². The normalized spacial score (nSPS) is 10.4. The third-order valence-corrected chi connectivity index (χ3v) is 2.71. The summed E-state index contributed by atoms with van der Waals surface area (Å²) in [5, 5.41) is 6.48. The van der Waals surface area contributed by atoms with E-state index in [2.05, 4.69) is 10.5 Å². The fraction of sp³-hybridized carbons (Fsp3) is 0.286. The van der Waals surface area contributed by atoms with E-state index in [9.17, 15) is 4.79 Å². The van der Waals surface area contributed by atoms with Crippen molar-refractivity contribution in [3.8, 4) is 0 Å². The third kappa shape index (κ3) is 3.42. The Labute approximate surface area is 111 Å². The van der Waals surface area contributed by atoms with Crippen LogP contribution in [0.1, 0.15) is 27.4 Å². The molecule has 0 aliphatic heterocycles. The number of ether oxygens (including phenoxy) is 1. The molecule has 5 heteroatoms. The quantitative estimate of drug-likeness (QED) is 0.893. The average Bonchev–Trinajstić information content (AvgIpc) is 2.84. The molecule has 0 spiro atoms. The minimum absolute atomic E-state index is 0.224. The summed E-state index contributed by atoms with van der Waals surface area (Å²) < 4.78 is 10.0. The maximum atomic E-state index is 11.8. The molecule has 0 radical (unpaired) electrons.